The van der Waals surface area contributed by atoms with Gasteiger partial charge >= 0.3 is 0 Å². The number of aryl methyl sites for hydroxylation is 1. The molecule has 5 nitrogen and oxygen atoms in total. The minimum Gasteiger partial charge on any atom is -0.312 e. The van der Waals surface area contributed by atoms with E-state index in [4.69, 9.17) is 0 Å². The van der Waals surface area contributed by atoms with Crippen molar-refractivity contribution in [1.82, 2.24) is 25.5 Å². The van der Waals surface area contributed by atoms with Gasteiger partial charge in [0.2, 0.25) is 5.82 Å². The maximum Gasteiger partial charge on any atom is 0.204 e. The molecule has 0 unspecified atom stereocenters. The van der Waals surface area contributed by atoms with Gasteiger partial charge in [-0.15, -0.1) is 10.2 Å². The van der Waals surface area contributed by atoms with E-state index >= 15 is 0 Å². The van der Waals surface area contributed by atoms with Crippen LogP contribution in [-0.4, -0.2) is 32.3 Å². The second kappa shape index (κ2) is 5.93. The van der Waals surface area contributed by atoms with Gasteiger partial charge in [-0.1, -0.05) is 30.3 Å². The first-order valence-corrected chi connectivity index (χ1v) is 6.63. The quantitative estimate of drug-likeness (QED) is 0.836. The summed E-state index contributed by atoms with van der Waals surface area (Å²) >= 11 is 0. The van der Waals surface area contributed by atoms with Crippen molar-refractivity contribution >= 4 is 0 Å². The minimum atomic E-state index is 0.158. The number of nitrogens with zero attached hydrogens (tertiary/aromatic N) is 4. The number of tetrazole rings is 1. The van der Waals surface area contributed by atoms with Gasteiger partial charge in [-0.05, 0) is 39.0 Å². The SMILES string of the molecule is CC(C)(C)NCCCn1nnc(-c2ccccc2)n1. The topological polar surface area (TPSA) is 55.6 Å². The molecule has 2 rings (SSSR count). The summed E-state index contributed by atoms with van der Waals surface area (Å²) < 4.78 is 0. The summed E-state index contributed by atoms with van der Waals surface area (Å²) in [4.78, 5) is 1.66. The molecule has 1 heterocycles. The highest BCUT2D eigenvalue weighted by Crippen LogP contribution is 2.11. The molecule has 0 spiro atoms. The van der Waals surface area contributed by atoms with E-state index in [0.717, 1.165) is 25.1 Å². The Morgan fingerprint density at radius 3 is 2.58 bits per heavy atom. The molecule has 0 aliphatic carbocycles. The van der Waals surface area contributed by atoms with Crippen molar-refractivity contribution in [3.05, 3.63) is 30.3 Å². The fraction of sp³-hybridized carbons (Fsp3) is 0.500. The first-order chi connectivity index (χ1) is 9.04. The monoisotopic (exact) mass is 259 g/mol. The normalized spacial score (nSPS) is 11.7. The maximum atomic E-state index is 4.38. The first-order valence-electron chi connectivity index (χ1n) is 6.63. The van der Waals surface area contributed by atoms with Crippen LogP contribution < -0.4 is 5.32 Å². The molecule has 1 aromatic carbocycles. The number of nitrogens with one attached hydrogen (secondary N) is 1. The van der Waals surface area contributed by atoms with Crippen LogP contribution >= 0.6 is 0 Å². The second-order valence-corrected chi connectivity index (χ2v) is 5.61. The lowest BCUT2D eigenvalue weighted by atomic mass is 10.1. The van der Waals surface area contributed by atoms with Gasteiger partial charge in [-0.3, -0.25) is 0 Å². The Hall–Kier alpha value is -1.75. The summed E-state index contributed by atoms with van der Waals surface area (Å²) in [6, 6.07) is 9.91. The third-order valence-corrected chi connectivity index (χ3v) is 2.68. The molecule has 5 heteroatoms. The van der Waals surface area contributed by atoms with Crippen molar-refractivity contribution in [1.29, 1.82) is 0 Å². The van der Waals surface area contributed by atoms with Crippen LogP contribution in [0.25, 0.3) is 11.4 Å². The molecule has 19 heavy (non-hydrogen) atoms. The Morgan fingerprint density at radius 1 is 1.16 bits per heavy atom. The van der Waals surface area contributed by atoms with Crippen molar-refractivity contribution in [3.63, 3.8) is 0 Å². The van der Waals surface area contributed by atoms with Crippen molar-refractivity contribution in [3.8, 4) is 11.4 Å². The van der Waals surface area contributed by atoms with Gasteiger partial charge in [-0.25, -0.2) is 0 Å². The summed E-state index contributed by atoms with van der Waals surface area (Å²) in [5.74, 6) is 0.685. The number of benzene rings is 1. The van der Waals surface area contributed by atoms with E-state index in [1.165, 1.54) is 0 Å². The highest BCUT2D eigenvalue weighted by Gasteiger charge is 2.08. The summed E-state index contributed by atoms with van der Waals surface area (Å²) in [5, 5.41) is 16.0. The molecule has 0 aliphatic rings. The van der Waals surface area contributed by atoms with Crippen molar-refractivity contribution in [2.45, 2.75) is 39.3 Å². The van der Waals surface area contributed by atoms with Crippen LogP contribution in [0.2, 0.25) is 0 Å². The lowest BCUT2D eigenvalue weighted by Crippen LogP contribution is -2.36. The fourth-order valence-corrected chi connectivity index (χ4v) is 1.72. The van der Waals surface area contributed by atoms with E-state index in [1.807, 2.05) is 30.3 Å². The Kier molecular flexibility index (Phi) is 4.27. The Morgan fingerprint density at radius 2 is 1.89 bits per heavy atom. The third kappa shape index (κ3) is 4.44. The first kappa shape index (κ1) is 13.7. The predicted octanol–water partition coefficient (Wildman–Crippen LogP) is 2.12. The van der Waals surface area contributed by atoms with Gasteiger partial charge in [-0.2, -0.15) is 4.80 Å². The molecular weight excluding hydrogens is 238 g/mol. The molecule has 1 aromatic heterocycles. The molecule has 0 radical (unpaired) electrons. The number of aromatic nitrogens is 4. The molecule has 1 N–H and O–H groups in total. The molecular formula is C14H21N5. The van der Waals surface area contributed by atoms with E-state index in [1.54, 1.807) is 4.80 Å². The van der Waals surface area contributed by atoms with Crippen LogP contribution in [0.4, 0.5) is 0 Å². The Bertz CT molecular complexity index is 498. The Labute approximate surface area is 114 Å². The zero-order valence-electron chi connectivity index (χ0n) is 11.8. The highest BCUT2D eigenvalue weighted by molar-refractivity contribution is 5.52. The molecule has 0 atom stereocenters. The molecule has 0 bridgehead atoms. The molecule has 2 aromatic rings. The van der Waals surface area contributed by atoms with E-state index in [2.05, 4.69) is 41.5 Å². The predicted molar refractivity (Wildman–Crippen MR) is 75.6 cm³/mol. The average molecular weight is 259 g/mol. The molecule has 0 fully saturated rings. The summed E-state index contributed by atoms with van der Waals surface area (Å²) in [6.07, 6.45) is 0.988. The fourth-order valence-electron chi connectivity index (χ4n) is 1.72. The lowest BCUT2D eigenvalue weighted by Gasteiger charge is -2.20. The van der Waals surface area contributed by atoms with Crippen LogP contribution in [0.5, 0.6) is 0 Å². The van der Waals surface area contributed by atoms with Crippen LogP contribution in [0, 0.1) is 0 Å². The zero-order chi connectivity index (χ0) is 13.7. The standard InChI is InChI=1S/C14H21N5/c1-14(2,3)15-10-7-11-19-17-13(16-18-19)12-8-5-4-6-9-12/h4-6,8-9,15H,7,10-11H2,1-3H3. The van der Waals surface area contributed by atoms with Gasteiger partial charge < -0.3 is 5.32 Å². The van der Waals surface area contributed by atoms with E-state index in [0.29, 0.717) is 5.82 Å². The van der Waals surface area contributed by atoms with E-state index < -0.39 is 0 Å². The molecule has 0 amide bonds. The molecule has 102 valence electrons. The van der Waals surface area contributed by atoms with Gasteiger partial charge in [0.15, 0.2) is 0 Å². The zero-order valence-corrected chi connectivity index (χ0v) is 11.8. The molecule has 0 saturated carbocycles. The smallest absolute Gasteiger partial charge is 0.204 e. The van der Waals surface area contributed by atoms with Crippen molar-refractivity contribution in [2.24, 2.45) is 0 Å². The van der Waals surface area contributed by atoms with Crippen LogP contribution in [-0.2, 0) is 6.54 Å². The largest absolute Gasteiger partial charge is 0.312 e. The number of hydrogen-bond acceptors (Lipinski definition) is 4. The lowest BCUT2D eigenvalue weighted by molar-refractivity contribution is 0.399. The third-order valence-electron chi connectivity index (χ3n) is 2.68. The molecule has 0 saturated heterocycles. The maximum absolute atomic E-state index is 4.38. The van der Waals surface area contributed by atoms with E-state index in [9.17, 15) is 0 Å². The highest BCUT2D eigenvalue weighted by atomic mass is 15.6. The number of rotatable bonds is 5. The summed E-state index contributed by atoms with van der Waals surface area (Å²) in [7, 11) is 0. The Balaban J connectivity index is 1.85. The van der Waals surface area contributed by atoms with Gasteiger partial charge in [0.05, 0.1) is 6.54 Å². The van der Waals surface area contributed by atoms with Crippen LogP contribution in [0.1, 0.15) is 27.2 Å². The minimum absolute atomic E-state index is 0.158. The number of hydrogen-bond donors (Lipinski definition) is 1. The van der Waals surface area contributed by atoms with Crippen LogP contribution in [0.3, 0.4) is 0 Å². The second-order valence-electron chi connectivity index (χ2n) is 5.61. The van der Waals surface area contributed by atoms with E-state index in [-0.39, 0.29) is 5.54 Å². The average Bonchev–Trinajstić information content (AvgIpc) is 2.83. The van der Waals surface area contributed by atoms with Gasteiger partial charge in [0.25, 0.3) is 0 Å². The summed E-state index contributed by atoms with van der Waals surface area (Å²) in [5.41, 5.74) is 1.16. The van der Waals surface area contributed by atoms with Gasteiger partial charge in [0, 0.05) is 11.1 Å². The van der Waals surface area contributed by atoms with Gasteiger partial charge in [0.1, 0.15) is 0 Å². The summed E-state index contributed by atoms with van der Waals surface area (Å²) in [6.45, 7) is 8.21. The van der Waals surface area contributed by atoms with Crippen LogP contribution in [0.15, 0.2) is 30.3 Å². The van der Waals surface area contributed by atoms with Crippen molar-refractivity contribution < 1.29 is 0 Å². The van der Waals surface area contributed by atoms with Crippen molar-refractivity contribution in [2.75, 3.05) is 6.54 Å². The molecule has 0 aliphatic heterocycles.